The molecule has 0 aromatic heterocycles. The highest BCUT2D eigenvalue weighted by atomic mass is 35.5. The molecular weight excluding hydrogens is 361 g/mol. The molecule has 5 nitrogen and oxygen atoms in total. The van der Waals surface area contributed by atoms with E-state index in [1.807, 2.05) is 0 Å². The molecule has 0 atom stereocenters. The number of nitrogens with one attached hydrogen (secondary N) is 1. The van der Waals surface area contributed by atoms with Gasteiger partial charge in [-0.3, -0.25) is 0 Å². The first-order valence-electron chi connectivity index (χ1n) is 7.25. The summed E-state index contributed by atoms with van der Waals surface area (Å²) in [6.07, 6.45) is 2.38. The molecule has 23 heavy (non-hydrogen) atoms. The van der Waals surface area contributed by atoms with E-state index in [1.165, 1.54) is 12.1 Å². The van der Waals surface area contributed by atoms with Crippen LogP contribution in [0.3, 0.4) is 0 Å². The number of ether oxygens (including phenoxy) is 1. The molecule has 1 aromatic rings. The molecular formula is C15H17Cl2NO4S. The summed E-state index contributed by atoms with van der Waals surface area (Å²) in [4.78, 5) is -0.157. The summed E-state index contributed by atoms with van der Waals surface area (Å²) in [6, 6.07) is 4.52. The second kappa shape index (κ2) is 5.93. The van der Waals surface area contributed by atoms with Crippen molar-refractivity contribution >= 4 is 38.1 Å². The third-order valence-corrected chi connectivity index (χ3v) is 6.72. The molecule has 126 valence electrons. The molecule has 0 radical (unpaired) electrons. The Bertz CT molecular complexity index is 768. The van der Waals surface area contributed by atoms with E-state index in [0.717, 1.165) is 0 Å². The van der Waals surface area contributed by atoms with Crippen LogP contribution < -0.4 is 4.72 Å². The van der Waals surface area contributed by atoms with Gasteiger partial charge in [0.05, 0.1) is 16.7 Å². The van der Waals surface area contributed by atoms with Crippen molar-refractivity contribution < 1.29 is 18.3 Å². The van der Waals surface area contributed by atoms with Gasteiger partial charge in [0, 0.05) is 17.7 Å². The highest BCUT2D eigenvalue weighted by molar-refractivity contribution is 7.99. The number of halogens is 2. The Labute approximate surface area is 145 Å². The van der Waals surface area contributed by atoms with Gasteiger partial charge in [-0.1, -0.05) is 29.3 Å². The number of benzene rings is 1. The number of aliphatic hydroxyl groups is 1. The second-order valence-electron chi connectivity index (χ2n) is 5.92. The smallest absolute Gasteiger partial charge is 0.245 e. The van der Waals surface area contributed by atoms with Gasteiger partial charge in [0.15, 0.2) is 0 Å². The monoisotopic (exact) mass is 377 g/mol. The van der Waals surface area contributed by atoms with Crippen LogP contribution in [0, 0.1) is 0 Å². The SMILES string of the molecule is COC1CCC2(CC1)NS(=O)(=O)C(c1ccc(Cl)cc1Cl)=C2O. The molecule has 1 aliphatic heterocycles. The highest BCUT2D eigenvalue weighted by Gasteiger charge is 2.51. The lowest BCUT2D eigenvalue weighted by Gasteiger charge is -2.35. The quantitative estimate of drug-likeness (QED) is 0.826. The maximum absolute atomic E-state index is 12.6. The van der Waals surface area contributed by atoms with Crippen molar-refractivity contribution in [2.75, 3.05) is 7.11 Å². The van der Waals surface area contributed by atoms with Crippen LogP contribution in [0.5, 0.6) is 0 Å². The molecule has 2 N–H and O–H groups in total. The number of methoxy groups -OCH3 is 1. The fourth-order valence-corrected chi connectivity index (χ4v) is 5.70. The molecule has 1 aromatic carbocycles. The van der Waals surface area contributed by atoms with E-state index in [0.29, 0.717) is 30.7 Å². The number of hydrogen-bond donors (Lipinski definition) is 2. The van der Waals surface area contributed by atoms with Crippen molar-refractivity contribution in [3.8, 4) is 0 Å². The van der Waals surface area contributed by atoms with E-state index in [1.54, 1.807) is 13.2 Å². The fraction of sp³-hybridized carbons (Fsp3) is 0.467. The average molecular weight is 378 g/mol. The van der Waals surface area contributed by atoms with Crippen LogP contribution in [-0.4, -0.2) is 32.3 Å². The van der Waals surface area contributed by atoms with Gasteiger partial charge in [0.25, 0.3) is 0 Å². The van der Waals surface area contributed by atoms with Gasteiger partial charge in [-0.25, -0.2) is 8.42 Å². The number of aliphatic hydroxyl groups excluding tert-OH is 1. The van der Waals surface area contributed by atoms with Gasteiger partial charge < -0.3 is 9.84 Å². The molecule has 1 saturated carbocycles. The number of sulfonamides is 1. The largest absolute Gasteiger partial charge is 0.509 e. The second-order valence-corrected chi connectivity index (χ2v) is 8.39. The first-order chi connectivity index (χ1) is 10.8. The Morgan fingerprint density at radius 3 is 2.52 bits per heavy atom. The number of hydrogen-bond acceptors (Lipinski definition) is 4. The van der Waals surface area contributed by atoms with E-state index in [9.17, 15) is 13.5 Å². The van der Waals surface area contributed by atoms with Crippen LogP contribution in [0.2, 0.25) is 10.0 Å². The third kappa shape index (κ3) is 2.87. The Morgan fingerprint density at radius 1 is 1.30 bits per heavy atom. The lowest BCUT2D eigenvalue weighted by molar-refractivity contribution is 0.0466. The zero-order valence-electron chi connectivity index (χ0n) is 12.5. The summed E-state index contributed by atoms with van der Waals surface area (Å²) in [6.45, 7) is 0. The molecule has 1 aliphatic carbocycles. The fourth-order valence-electron chi connectivity index (χ4n) is 3.31. The Balaban J connectivity index is 2.07. The van der Waals surface area contributed by atoms with E-state index in [2.05, 4.69) is 4.72 Å². The summed E-state index contributed by atoms with van der Waals surface area (Å²) >= 11 is 12.0. The first-order valence-corrected chi connectivity index (χ1v) is 9.49. The summed E-state index contributed by atoms with van der Waals surface area (Å²) in [5, 5.41) is 11.3. The molecule has 0 amide bonds. The maximum atomic E-state index is 12.6. The predicted molar refractivity (Wildman–Crippen MR) is 90.1 cm³/mol. The Morgan fingerprint density at radius 2 is 1.96 bits per heavy atom. The molecule has 0 unspecified atom stereocenters. The van der Waals surface area contributed by atoms with E-state index < -0.39 is 15.6 Å². The average Bonchev–Trinajstić information content (AvgIpc) is 2.67. The summed E-state index contributed by atoms with van der Waals surface area (Å²) in [5.74, 6) is -0.170. The first kappa shape index (κ1) is 17.0. The van der Waals surface area contributed by atoms with E-state index in [-0.39, 0.29) is 27.4 Å². The molecule has 0 saturated heterocycles. The van der Waals surface area contributed by atoms with Gasteiger partial charge in [0.2, 0.25) is 10.0 Å². The van der Waals surface area contributed by atoms with Gasteiger partial charge >= 0.3 is 0 Å². The van der Waals surface area contributed by atoms with Crippen molar-refractivity contribution in [2.24, 2.45) is 0 Å². The molecule has 2 aliphatic rings. The van der Waals surface area contributed by atoms with E-state index in [4.69, 9.17) is 27.9 Å². The minimum atomic E-state index is -3.85. The van der Waals surface area contributed by atoms with Crippen molar-refractivity contribution in [1.29, 1.82) is 0 Å². The Kier molecular flexibility index (Phi) is 4.40. The molecule has 1 heterocycles. The topological polar surface area (TPSA) is 75.6 Å². The van der Waals surface area contributed by atoms with Crippen molar-refractivity contribution in [2.45, 2.75) is 37.3 Å². The van der Waals surface area contributed by atoms with Gasteiger partial charge in [-0.15, -0.1) is 0 Å². The van der Waals surface area contributed by atoms with Crippen molar-refractivity contribution in [1.82, 2.24) is 4.72 Å². The van der Waals surface area contributed by atoms with Gasteiger partial charge in [-0.2, -0.15) is 4.72 Å². The molecule has 1 fully saturated rings. The van der Waals surface area contributed by atoms with Crippen LogP contribution in [0.4, 0.5) is 0 Å². The lowest BCUT2D eigenvalue weighted by Crippen LogP contribution is -2.48. The summed E-state index contributed by atoms with van der Waals surface area (Å²) in [7, 11) is -2.21. The molecule has 0 bridgehead atoms. The van der Waals surface area contributed by atoms with Crippen LogP contribution in [0.25, 0.3) is 4.91 Å². The van der Waals surface area contributed by atoms with Crippen molar-refractivity contribution in [3.05, 3.63) is 39.6 Å². The third-order valence-electron chi connectivity index (χ3n) is 4.56. The van der Waals surface area contributed by atoms with E-state index >= 15 is 0 Å². The molecule has 8 heteroatoms. The standard InChI is InChI=1S/C15H17Cl2NO4S/c1-22-10-4-6-15(7-5-10)14(19)13(23(20,21)18-15)11-3-2-9(16)8-12(11)17/h2-3,8,10,18-19H,4-7H2,1H3. The minimum absolute atomic E-state index is 0.0844. The summed E-state index contributed by atoms with van der Waals surface area (Å²) in [5.41, 5.74) is -0.710. The zero-order chi connectivity index (χ0) is 16.8. The maximum Gasteiger partial charge on any atom is 0.245 e. The highest BCUT2D eigenvalue weighted by Crippen LogP contribution is 2.46. The normalized spacial score (nSPS) is 30.1. The molecule has 1 spiro atoms. The lowest BCUT2D eigenvalue weighted by atomic mass is 9.79. The number of rotatable bonds is 2. The summed E-state index contributed by atoms with van der Waals surface area (Å²) < 4.78 is 33.1. The van der Waals surface area contributed by atoms with Crippen LogP contribution in [-0.2, 0) is 14.8 Å². The predicted octanol–water partition coefficient (Wildman–Crippen LogP) is 3.48. The van der Waals surface area contributed by atoms with Crippen LogP contribution in [0.1, 0.15) is 31.2 Å². The Hall–Kier alpha value is -0.790. The zero-order valence-corrected chi connectivity index (χ0v) is 14.8. The van der Waals surface area contributed by atoms with Crippen LogP contribution in [0.15, 0.2) is 24.0 Å². The van der Waals surface area contributed by atoms with Gasteiger partial charge in [-0.05, 0) is 37.8 Å². The van der Waals surface area contributed by atoms with Gasteiger partial charge in [0.1, 0.15) is 10.7 Å². The van der Waals surface area contributed by atoms with Crippen LogP contribution >= 0.6 is 23.2 Å². The molecule has 3 rings (SSSR count). The minimum Gasteiger partial charge on any atom is -0.509 e. The van der Waals surface area contributed by atoms with Crippen molar-refractivity contribution in [3.63, 3.8) is 0 Å².